The molecule has 12 heavy (non-hydrogen) atoms. The second-order valence-electron chi connectivity index (χ2n) is 2.99. The summed E-state index contributed by atoms with van der Waals surface area (Å²) >= 11 is 0. The maximum absolute atomic E-state index is 5.60. The van der Waals surface area contributed by atoms with E-state index in [0.29, 0.717) is 11.6 Å². The number of rotatable bonds is 2. The third kappa shape index (κ3) is 2.12. The smallest absolute Gasteiger partial charge is 0.213 e. The molecule has 0 unspecified atom stereocenters. The monoisotopic (exact) mass is 166 g/mol. The SMILES string of the molecule is Cc1nc(OC(C)C)ccc1N. The number of anilines is 1. The molecule has 3 heteroatoms. The van der Waals surface area contributed by atoms with Crippen LogP contribution in [0.2, 0.25) is 0 Å². The molecule has 0 radical (unpaired) electrons. The van der Waals surface area contributed by atoms with Gasteiger partial charge in [-0.05, 0) is 26.8 Å². The van der Waals surface area contributed by atoms with Crippen LogP contribution in [0.3, 0.4) is 0 Å². The van der Waals surface area contributed by atoms with Gasteiger partial charge in [-0.15, -0.1) is 0 Å². The molecule has 0 amide bonds. The van der Waals surface area contributed by atoms with Gasteiger partial charge in [-0.3, -0.25) is 0 Å². The minimum atomic E-state index is 0.153. The summed E-state index contributed by atoms with van der Waals surface area (Å²) in [6.07, 6.45) is 0.153. The van der Waals surface area contributed by atoms with Crippen LogP contribution in [-0.4, -0.2) is 11.1 Å². The van der Waals surface area contributed by atoms with Crippen molar-refractivity contribution in [2.45, 2.75) is 26.9 Å². The number of hydrogen-bond acceptors (Lipinski definition) is 3. The Bertz CT molecular complexity index is 271. The second kappa shape index (κ2) is 3.43. The average molecular weight is 166 g/mol. The van der Waals surface area contributed by atoms with Crippen LogP contribution in [0.25, 0.3) is 0 Å². The summed E-state index contributed by atoms with van der Waals surface area (Å²) in [4.78, 5) is 4.17. The van der Waals surface area contributed by atoms with E-state index in [1.165, 1.54) is 0 Å². The fourth-order valence-corrected chi connectivity index (χ4v) is 0.856. The molecule has 0 aromatic carbocycles. The van der Waals surface area contributed by atoms with Crippen molar-refractivity contribution < 1.29 is 4.74 Å². The van der Waals surface area contributed by atoms with Crippen LogP contribution in [0.15, 0.2) is 12.1 Å². The molecule has 0 saturated heterocycles. The van der Waals surface area contributed by atoms with Crippen molar-refractivity contribution in [2.24, 2.45) is 0 Å². The number of hydrogen-bond donors (Lipinski definition) is 1. The van der Waals surface area contributed by atoms with Gasteiger partial charge in [-0.2, -0.15) is 0 Å². The van der Waals surface area contributed by atoms with Crippen molar-refractivity contribution in [1.29, 1.82) is 0 Å². The van der Waals surface area contributed by atoms with Crippen molar-refractivity contribution in [3.8, 4) is 5.88 Å². The fourth-order valence-electron chi connectivity index (χ4n) is 0.856. The van der Waals surface area contributed by atoms with E-state index in [4.69, 9.17) is 10.5 Å². The third-order valence-corrected chi connectivity index (χ3v) is 1.46. The van der Waals surface area contributed by atoms with Gasteiger partial charge in [-0.25, -0.2) is 4.98 Å². The Morgan fingerprint density at radius 3 is 2.58 bits per heavy atom. The van der Waals surface area contributed by atoms with E-state index >= 15 is 0 Å². The summed E-state index contributed by atoms with van der Waals surface area (Å²) < 4.78 is 5.38. The number of nitrogens with two attached hydrogens (primary N) is 1. The molecule has 0 bridgehead atoms. The summed E-state index contributed by atoms with van der Waals surface area (Å²) in [6.45, 7) is 5.79. The van der Waals surface area contributed by atoms with Crippen LogP contribution in [0.4, 0.5) is 5.69 Å². The highest BCUT2D eigenvalue weighted by Crippen LogP contribution is 2.14. The fraction of sp³-hybridized carbons (Fsp3) is 0.444. The molecule has 0 aliphatic carbocycles. The van der Waals surface area contributed by atoms with Gasteiger partial charge in [0.2, 0.25) is 5.88 Å². The van der Waals surface area contributed by atoms with Crippen LogP contribution in [0, 0.1) is 6.92 Å². The largest absolute Gasteiger partial charge is 0.475 e. The Kier molecular flexibility index (Phi) is 2.53. The number of pyridine rings is 1. The van der Waals surface area contributed by atoms with Crippen LogP contribution >= 0.6 is 0 Å². The highest BCUT2D eigenvalue weighted by atomic mass is 16.5. The first kappa shape index (κ1) is 8.84. The summed E-state index contributed by atoms with van der Waals surface area (Å²) in [5, 5.41) is 0. The Morgan fingerprint density at radius 1 is 1.42 bits per heavy atom. The summed E-state index contributed by atoms with van der Waals surface area (Å²) in [5.41, 5.74) is 7.11. The molecule has 1 aromatic rings. The van der Waals surface area contributed by atoms with Crippen molar-refractivity contribution in [1.82, 2.24) is 4.98 Å². The first-order valence-corrected chi connectivity index (χ1v) is 3.99. The van der Waals surface area contributed by atoms with Crippen molar-refractivity contribution in [3.63, 3.8) is 0 Å². The van der Waals surface area contributed by atoms with E-state index in [9.17, 15) is 0 Å². The molecule has 1 rings (SSSR count). The van der Waals surface area contributed by atoms with Crippen LogP contribution < -0.4 is 10.5 Å². The summed E-state index contributed by atoms with van der Waals surface area (Å²) in [7, 11) is 0. The molecule has 0 atom stereocenters. The minimum Gasteiger partial charge on any atom is -0.475 e. The van der Waals surface area contributed by atoms with E-state index in [1.807, 2.05) is 20.8 Å². The summed E-state index contributed by atoms with van der Waals surface area (Å²) in [5.74, 6) is 0.636. The highest BCUT2D eigenvalue weighted by molar-refractivity contribution is 5.43. The molecule has 66 valence electrons. The molecule has 1 heterocycles. The van der Waals surface area contributed by atoms with Crippen LogP contribution in [0.1, 0.15) is 19.5 Å². The van der Waals surface area contributed by atoms with Crippen LogP contribution in [-0.2, 0) is 0 Å². The lowest BCUT2D eigenvalue weighted by molar-refractivity contribution is 0.232. The van der Waals surface area contributed by atoms with Gasteiger partial charge in [0, 0.05) is 6.07 Å². The summed E-state index contributed by atoms with van der Waals surface area (Å²) in [6, 6.07) is 3.59. The van der Waals surface area contributed by atoms with Gasteiger partial charge in [0.05, 0.1) is 17.5 Å². The Morgan fingerprint density at radius 2 is 2.08 bits per heavy atom. The molecular weight excluding hydrogens is 152 g/mol. The zero-order valence-electron chi connectivity index (χ0n) is 7.66. The van der Waals surface area contributed by atoms with Gasteiger partial charge in [0.25, 0.3) is 0 Å². The Labute approximate surface area is 72.6 Å². The normalized spacial score (nSPS) is 10.3. The zero-order chi connectivity index (χ0) is 9.14. The quantitative estimate of drug-likeness (QED) is 0.728. The number of aryl methyl sites for hydroxylation is 1. The highest BCUT2D eigenvalue weighted by Gasteiger charge is 2.00. The van der Waals surface area contributed by atoms with E-state index in [-0.39, 0.29) is 6.10 Å². The average Bonchev–Trinajstić information content (AvgIpc) is 1.96. The van der Waals surface area contributed by atoms with Gasteiger partial charge in [0.1, 0.15) is 0 Å². The molecule has 3 nitrogen and oxygen atoms in total. The number of nitrogen functional groups attached to an aromatic ring is 1. The van der Waals surface area contributed by atoms with Crippen molar-refractivity contribution >= 4 is 5.69 Å². The number of ether oxygens (including phenoxy) is 1. The standard InChI is InChI=1S/C9H14N2O/c1-6(2)12-9-5-4-8(10)7(3)11-9/h4-6H,10H2,1-3H3. The van der Waals surface area contributed by atoms with E-state index < -0.39 is 0 Å². The lowest BCUT2D eigenvalue weighted by Crippen LogP contribution is -2.07. The topological polar surface area (TPSA) is 48.1 Å². The molecule has 0 fully saturated rings. The minimum absolute atomic E-state index is 0.153. The van der Waals surface area contributed by atoms with Gasteiger partial charge < -0.3 is 10.5 Å². The number of aromatic nitrogens is 1. The lowest BCUT2D eigenvalue weighted by atomic mass is 10.3. The van der Waals surface area contributed by atoms with E-state index in [2.05, 4.69) is 4.98 Å². The maximum atomic E-state index is 5.60. The van der Waals surface area contributed by atoms with Crippen molar-refractivity contribution in [2.75, 3.05) is 5.73 Å². The third-order valence-electron chi connectivity index (χ3n) is 1.46. The molecule has 1 aromatic heterocycles. The lowest BCUT2D eigenvalue weighted by Gasteiger charge is -2.09. The number of nitrogens with zero attached hydrogens (tertiary/aromatic N) is 1. The van der Waals surface area contributed by atoms with Gasteiger partial charge >= 0.3 is 0 Å². The second-order valence-corrected chi connectivity index (χ2v) is 2.99. The van der Waals surface area contributed by atoms with E-state index in [1.54, 1.807) is 12.1 Å². The van der Waals surface area contributed by atoms with Crippen LogP contribution in [0.5, 0.6) is 5.88 Å². The first-order valence-electron chi connectivity index (χ1n) is 3.99. The molecule has 2 N–H and O–H groups in total. The van der Waals surface area contributed by atoms with Crippen molar-refractivity contribution in [3.05, 3.63) is 17.8 Å². The molecule has 0 aliphatic rings. The molecule has 0 spiro atoms. The molecule has 0 aliphatic heterocycles. The predicted molar refractivity (Wildman–Crippen MR) is 49.2 cm³/mol. The molecule has 0 saturated carbocycles. The Hall–Kier alpha value is -1.25. The van der Waals surface area contributed by atoms with Gasteiger partial charge in [0.15, 0.2) is 0 Å². The first-order chi connectivity index (χ1) is 5.59. The van der Waals surface area contributed by atoms with E-state index in [0.717, 1.165) is 5.69 Å². The molecular formula is C9H14N2O. The zero-order valence-corrected chi connectivity index (χ0v) is 7.66. The maximum Gasteiger partial charge on any atom is 0.213 e. The predicted octanol–water partition coefficient (Wildman–Crippen LogP) is 1.76. The van der Waals surface area contributed by atoms with Gasteiger partial charge in [-0.1, -0.05) is 0 Å². The Balaban J connectivity index is 2.82.